The average molecular weight is 225 g/mol. The monoisotopic (exact) mass is 225 g/mol. The number of carboxylic acids is 1. The largest absolute Gasteiger partial charge is 0.481 e. The number of aliphatic carboxylic acids is 1. The van der Waals surface area contributed by atoms with E-state index in [2.05, 4.69) is 0 Å². The lowest BCUT2D eigenvalue weighted by Crippen LogP contribution is -2.18. The molecule has 0 aliphatic heterocycles. The van der Waals surface area contributed by atoms with Gasteiger partial charge in [0, 0.05) is 0 Å². The lowest BCUT2D eigenvalue weighted by molar-refractivity contribution is -0.141. The molecule has 1 rings (SSSR count). The number of hydrogen-bond acceptors (Lipinski definition) is 2. The molecule has 2 atom stereocenters. The number of halogens is 1. The summed E-state index contributed by atoms with van der Waals surface area (Å²) in [5.41, 5.74) is 6.30. The van der Waals surface area contributed by atoms with Gasteiger partial charge in [0.15, 0.2) is 0 Å². The van der Waals surface area contributed by atoms with Crippen molar-refractivity contribution in [3.63, 3.8) is 0 Å². The molecule has 4 heteroatoms. The standard InChI is InChI=1S/C12H16FNO2/c1-3-9(7(2)12(15)16)8-4-5-10(13)11(14)6-8/h4-7,9H,3,14H2,1-2H3,(H,15,16)/t7-,9?/m0/s1. The summed E-state index contributed by atoms with van der Waals surface area (Å²) in [6, 6.07) is 4.39. The first-order valence-corrected chi connectivity index (χ1v) is 5.25. The molecule has 0 aromatic heterocycles. The van der Waals surface area contributed by atoms with Crippen molar-refractivity contribution in [3.05, 3.63) is 29.6 Å². The molecule has 3 nitrogen and oxygen atoms in total. The maximum atomic E-state index is 13.0. The van der Waals surface area contributed by atoms with E-state index in [4.69, 9.17) is 10.8 Å². The molecule has 0 aliphatic carbocycles. The Morgan fingerprint density at radius 1 is 1.56 bits per heavy atom. The van der Waals surface area contributed by atoms with Crippen molar-refractivity contribution in [2.75, 3.05) is 5.73 Å². The Balaban J connectivity index is 3.04. The van der Waals surface area contributed by atoms with Crippen LogP contribution in [0.3, 0.4) is 0 Å². The smallest absolute Gasteiger partial charge is 0.306 e. The Bertz CT molecular complexity index is 393. The Hall–Kier alpha value is -1.58. The summed E-state index contributed by atoms with van der Waals surface area (Å²) in [6.07, 6.45) is 0.679. The normalized spacial score (nSPS) is 14.4. The van der Waals surface area contributed by atoms with Crippen LogP contribution in [-0.4, -0.2) is 11.1 Å². The van der Waals surface area contributed by atoms with Crippen molar-refractivity contribution in [2.24, 2.45) is 5.92 Å². The van der Waals surface area contributed by atoms with Crippen molar-refractivity contribution in [3.8, 4) is 0 Å². The highest BCUT2D eigenvalue weighted by Crippen LogP contribution is 2.29. The second kappa shape index (κ2) is 4.96. The minimum Gasteiger partial charge on any atom is -0.481 e. The molecular weight excluding hydrogens is 209 g/mol. The fourth-order valence-electron chi connectivity index (χ4n) is 1.84. The maximum absolute atomic E-state index is 13.0. The summed E-state index contributed by atoms with van der Waals surface area (Å²) in [7, 11) is 0. The predicted molar refractivity (Wildman–Crippen MR) is 60.6 cm³/mol. The first-order valence-electron chi connectivity index (χ1n) is 5.25. The molecule has 0 bridgehead atoms. The zero-order valence-corrected chi connectivity index (χ0v) is 9.40. The third kappa shape index (κ3) is 2.51. The van der Waals surface area contributed by atoms with E-state index >= 15 is 0 Å². The fraction of sp³-hybridized carbons (Fsp3) is 0.417. The molecule has 0 heterocycles. The number of nitrogens with two attached hydrogens (primary N) is 1. The van der Waals surface area contributed by atoms with Crippen molar-refractivity contribution in [1.82, 2.24) is 0 Å². The Kier molecular flexibility index (Phi) is 3.88. The number of carboxylic acid groups (broad SMARTS) is 1. The van der Waals surface area contributed by atoms with E-state index in [1.54, 1.807) is 13.0 Å². The zero-order chi connectivity index (χ0) is 12.3. The lowest BCUT2D eigenvalue weighted by atomic mass is 9.85. The second-order valence-corrected chi connectivity index (χ2v) is 3.92. The van der Waals surface area contributed by atoms with E-state index in [9.17, 15) is 9.18 Å². The number of rotatable bonds is 4. The van der Waals surface area contributed by atoms with Gasteiger partial charge in [-0.1, -0.05) is 19.9 Å². The number of anilines is 1. The van der Waals surface area contributed by atoms with Crippen molar-refractivity contribution < 1.29 is 14.3 Å². The van der Waals surface area contributed by atoms with Gasteiger partial charge in [-0.15, -0.1) is 0 Å². The average Bonchev–Trinajstić information content (AvgIpc) is 2.24. The highest BCUT2D eigenvalue weighted by Gasteiger charge is 2.23. The van der Waals surface area contributed by atoms with E-state index < -0.39 is 17.7 Å². The van der Waals surface area contributed by atoms with Crippen LogP contribution in [0.5, 0.6) is 0 Å². The van der Waals surface area contributed by atoms with Crippen LogP contribution in [0.15, 0.2) is 18.2 Å². The van der Waals surface area contributed by atoms with Crippen LogP contribution >= 0.6 is 0 Å². The molecule has 1 aromatic carbocycles. The van der Waals surface area contributed by atoms with Gasteiger partial charge in [-0.05, 0) is 30.0 Å². The van der Waals surface area contributed by atoms with Crippen molar-refractivity contribution in [1.29, 1.82) is 0 Å². The SMILES string of the molecule is CCC(c1ccc(F)c(N)c1)[C@H](C)C(=O)O. The van der Waals surface area contributed by atoms with Crippen LogP contribution < -0.4 is 5.73 Å². The van der Waals surface area contributed by atoms with Gasteiger partial charge in [0.05, 0.1) is 11.6 Å². The first kappa shape index (κ1) is 12.5. The minimum atomic E-state index is -0.852. The molecule has 0 fully saturated rings. The molecule has 0 spiro atoms. The van der Waals surface area contributed by atoms with Crippen LogP contribution in [0, 0.1) is 11.7 Å². The van der Waals surface area contributed by atoms with Crippen LogP contribution in [0.2, 0.25) is 0 Å². The fourth-order valence-corrected chi connectivity index (χ4v) is 1.84. The third-order valence-corrected chi connectivity index (χ3v) is 2.88. The molecule has 16 heavy (non-hydrogen) atoms. The van der Waals surface area contributed by atoms with Gasteiger partial charge in [0.2, 0.25) is 0 Å². The number of benzene rings is 1. The summed E-state index contributed by atoms with van der Waals surface area (Å²) in [4.78, 5) is 10.9. The summed E-state index contributed by atoms with van der Waals surface area (Å²) in [6.45, 7) is 3.56. The number of carbonyl (C=O) groups is 1. The minimum absolute atomic E-state index is 0.0635. The van der Waals surface area contributed by atoms with Gasteiger partial charge in [-0.3, -0.25) is 4.79 Å². The van der Waals surface area contributed by atoms with Crippen LogP contribution in [-0.2, 0) is 4.79 Å². The molecule has 3 N–H and O–H groups in total. The topological polar surface area (TPSA) is 63.3 Å². The summed E-state index contributed by atoms with van der Waals surface area (Å²) < 4.78 is 13.0. The highest BCUT2D eigenvalue weighted by atomic mass is 19.1. The summed E-state index contributed by atoms with van der Waals surface area (Å²) in [5.74, 6) is -1.97. The molecule has 0 amide bonds. The Morgan fingerprint density at radius 2 is 2.19 bits per heavy atom. The molecule has 88 valence electrons. The number of hydrogen-bond donors (Lipinski definition) is 2. The number of nitrogen functional groups attached to an aromatic ring is 1. The van der Waals surface area contributed by atoms with E-state index in [1.807, 2.05) is 6.92 Å². The van der Waals surface area contributed by atoms with Gasteiger partial charge < -0.3 is 10.8 Å². The molecule has 1 unspecified atom stereocenters. The Morgan fingerprint density at radius 3 is 2.62 bits per heavy atom. The summed E-state index contributed by atoms with van der Waals surface area (Å²) >= 11 is 0. The quantitative estimate of drug-likeness (QED) is 0.774. The molecular formula is C12H16FNO2. The third-order valence-electron chi connectivity index (χ3n) is 2.88. The van der Waals surface area contributed by atoms with Gasteiger partial charge in [-0.25, -0.2) is 4.39 Å². The van der Waals surface area contributed by atoms with E-state index in [0.717, 1.165) is 5.56 Å². The van der Waals surface area contributed by atoms with Gasteiger partial charge in [0.1, 0.15) is 5.82 Å². The lowest BCUT2D eigenvalue weighted by Gasteiger charge is -2.20. The van der Waals surface area contributed by atoms with E-state index in [-0.39, 0.29) is 11.6 Å². The van der Waals surface area contributed by atoms with Crippen LogP contribution in [0.25, 0.3) is 0 Å². The van der Waals surface area contributed by atoms with Crippen LogP contribution in [0.1, 0.15) is 31.7 Å². The van der Waals surface area contributed by atoms with Gasteiger partial charge in [0.25, 0.3) is 0 Å². The van der Waals surface area contributed by atoms with Crippen molar-refractivity contribution in [2.45, 2.75) is 26.2 Å². The Labute approximate surface area is 94.1 Å². The second-order valence-electron chi connectivity index (χ2n) is 3.92. The van der Waals surface area contributed by atoms with Crippen molar-refractivity contribution >= 4 is 11.7 Å². The maximum Gasteiger partial charge on any atom is 0.306 e. The highest BCUT2D eigenvalue weighted by molar-refractivity contribution is 5.71. The van der Waals surface area contributed by atoms with E-state index in [1.165, 1.54) is 12.1 Å². The van der Waals surface area contributed by atoms with E-state index in [0.29, 0.717) is 6.42 Å². The van der Waals surface area contributed by atoms with Crippen LogP contribution in [0.4, 0.5) is 10.1 Å². The molecule has 0 radical (unpaired) electrons. The zero-order valence-electron chi connectivity index (χ0n) is 9.40. The summed E-state index contributed by atoms with van der Waals surface area (Å²) in [5, 5.41) is 8.96. The first-order chi connectivity index (χ1) is 7.47. The predicted octanol–water partition coefficient (Wildman–Crippen LogP) is 2.62. The van der Waals surface area contributed by atoms with Gasteiger partial charge in [-0.2, -0.15) is 0 Å². The molecule has 0 aliphatic rings. The van der Waals surface area contributed by atoms with Gasteiger partial charge >= 0.3 is 5.97 Å². The molecule has 0 saturated heterocycles. The molecule has 1 aromatic rings. The molecule has 0 saturated carbocycles.